The number of rotatable bonds is 4. The lowest BCUT2D eigenvalue weighted by molar-refractivity contribution is 0.0931. The quantitative estimate of drug-likeness (QED) is 0.875. The van der Waals surface area contributed by atoms with Crippen molar-refractivity contribution >= 4 is 21.7 Å². The zero-order valence-corrected chi connectivity index (χ0v) is 16.1. The van der Waals surface area contributed by atoms with E-state index < -0.39 is 9.84 Å². The maximum absolute atomic E-state index is 12.5. The zero-order chi connectivity index (χ0) is 18.9. The summed E-state index contributed by atoms with van der Waals surface area (Å²) in [5, 5.41) is 3.03. The van der Waals surface area contributed by atoms with Crippen LogP contribution < -0.4 is 10.2 Å². The number of hydrogen-bond donors (Lipinski definition) is 1. The minimum atomic E-state index is -3.36. The predicted molar refractivity (Wildman–Crippen MR) is 100 cm³/mol. The summed E-state index contributed by atoms with van der Waals surface area (Å²) in [6, 6.07) is 4.88. The number of anilines is 1. The smallest absolute Gasteiger partial charge is 0.251 e. The van der Waals surface area contributed by atoms with E-state index in [0.717, 1.165) is 38.1 Å². The van der Waals surface area contributed by atoms with Gasteiger partial charge in [0, 0.05) is 50.4 Å². The number of carbonyl (C=O) groups is 1. The third kappa shape index (κ3) is 3.90. The third-order valence-electron chi connectivity index (χ3n) is 4.76. The van der Waals surface area contributed by atoms with E-state index in [1.54, 1.807) is 25.3 Å². The number of aromatic nitrogens is 2. The Balaban J connectivity index is 1.64. The van der Waals surface area contributed by atoms with Crippen molar-refractivity contribution in [3.05, 3.63) is 41.7 Å². The molecule has 0 spiro atoms. The molecule has 140 valence electrons. The summed E-state index contributed by atoms with van der Waals surface area (Å²) < 4.78 is 25.7. The highest BCUT2D eigenvalue weighted by Gasteiger charge is 2.23. The lowest BCUT2D eigenvalue weighted by Gasteiger charge is -2.33. The van der Waals surface area contributed by atoms with Crippen molar-refractivity contribution < 1.29 is 13.2 Å². The molecule has 2 heterocycles. The van der Waals surface area contributed by atoms with Crippen LogP contribution in [0, 0.1) is 6.92 Å². The molecule has 1 aliphatic heterocycles. The highest BCUT2D eigenvalue weighted by molar-refractivity contribution is 7.90. The lowest BCUT2D eigenvalue weighted by Crippen LogP contribution is -2.45. The summed E-state index contributed by atoms with van der Waals surface area (Å²) in [4.78, 5) is 19.3. The Hall–Kier alpha value is -2.35. The van der Waals surface area contributed by atoms with Crippen LogP contribution in [0.15, 0.2) is 35.5 Å². The fourth-order valence-corrected chi connectivity index (χ4v) is 4.29. The van der Waals surface area contributed by atoms with Gasteiger partial charge in [0.25, 0.3) is 5.91 Å². The molecule has 0 saturated carbocycles. The van der Waals surface area contributed by atoms with Crippen molar-refractivity contribution in [2.24, 2.45) is 7.05 Å². The van der Waals surface area contributed by atoms with E-state index >= 15 is 0 Å². The molecular formula is C18H24N4O3S. The second kappa shape index (κ2) is 7.11. The molecule has 0 bridgehead atoms. The van der Waals surface area contributed by atoms with E-state index in [0.29, 0.717) is 11.1 Å². The van der Waals surface area contributed by atoms with Crippen LogP contribution >= 0.6 is 0 Å². The minimum absolute atomic E-state index is 0.0713. The van der Waals surface area contributed by atoms with Gasteiger partial charge in [0.2, 0.25) is 5.95 Å². The Bertz CT molecular complexity index is 912. The van der Waals surface area contributed by atoms with Crippen LogP contribution in [-0.4, -0.2) is 49.3 Å². The zero-order valence-electron chi connectivity index (χ0n) is 15.3. The summed E-state index contributed by atoms with van der Waals surface area (Å²) >= 11 is 0. The maximum atomic E-state index is 12.5. The van der Waals surface area contributed by atoms with Crippen molar-refractivity contribution in [3.8, 4) is 0 Å². The first-order valence-corrected chi connectivity index (χ1v) is 10.5. The topological polar surface area (TPSA) is 84.3 Å². The van der Waals surface area contributed by atoms with Gasteiger partial charge < -0.3 is 14.8 Å². The van der Waals surface area contributed by atoms with Gasteiger partial charge in [-0.3, -0.25) is 4.79 Å². The van der Waals surface area contributed by atoms with Crippen LogP contribution in [-0.2, 0) is 16.9 Å². The first-order valence-electron chi connectivity index (χ1n) is 8.59. The number of sulfone groups is 1. The third-order valence-corrected chi connectivity index (χ3v) is 6.00. The first-order chi connectivity index (χ1) is 12.3. The molecule has 8 heteroatoms. The second-order valence-corrected chi connectivity index (χ2v) is 8.81. The Morgan fingerprint density at radius 3 is 2.54 bits per heavy atom. The number of carbonyl (C=O) groups excluding carboxylic acids is 1. The normalized spacial score (nSPS) is 15.9. The number of hydrogen-bond acceptors (Lipinski definition) is 5. The van der Waals surface area contributed by atoms with Gasteiger partial charge in [0.05, 0.1) is 4.90 Å². The van der Waals surface area contributed by atoms with Crippen LogP contribution in [0.5, 0.6) is 0 Å². The summed E-state index contributed by atoms with van der Waals surface area (Å²) in [5.74, 6) is 0.705. The van der Waals surface area contributed by atoms with Gasteiger partial charge >= 0.3 is 0 Å². The number of nitrogens with zero attached hydrogens (tertiary/aromatic N) is 3. The lowest BCUT2D eigenvalue weighted by atomic mass is 10.0. The number of piperidine rings is 1. The molecule has 1 aromatic heterocycles. The fraction of sp³-hybridized carbons (Fsp3) is 0.444. The monoisotopic (exact) mass is 376 g/mol. The molecule has 2 aromatic rings. The number of amides is 1. The largest absolute Gasteiger partial charge is 0.349 e. The number of nitrogens with one attached hydrogen (secondary N) is 1. The van der Waals surface area contributed by atoms with Crippen molar-refractivity contribution in [2.45, 2.75) is 30.7 Å². The average Bonchev–Trinajstić information content (AvgIpc) is 3.01. The first kappa shape index (κ1) is 18.4. The molecule has 1 aliphatic rings. The number of aryl methyl sites for hydroxylation is 2. The molecular weight excluding hydrogens is 352 g/mol. The molecule has 0 unspecified atom stereocenters. The molecule has 1 aromatic carbocycles. The van der Waals surface area contributed by atoms with Gasteiger partial charge in [-0.25, -0.2) is 13.4 Å². The van der Waals surface area contributed by atoms with Crippen molar-refractivity contribution in [3.63, 3.8) is 0 Å². The van der Waals surface area contributed by atoms with Gasteiger partial charge in [-0.15, -0.1) is 0 Å². The Kier molecular flexibility index (Phi) is 5.04. The second-order valence-electron chi connectivity index (χ2n) is 6.83. The van der Waals surface area contributed by atoms with Gasteiger partial charge in [0.1, 0.15) is 0 Å². The minimum Gasteiger partial charge on any atom is -0.349 e. The van der Waals surface area contributed by atoms with Crippen LogP contribution in [0.2, 0.25) is 0 Å². The van der Waals surface area contributed by atoms with Gasteiger partial charge in [-0.2, -0.15) is 0 Å². The predicted octanol–water partition coefficient (Wildman–Crippen LogP) is 1.53. The Morgan fingerprint density at radius 2 is 1.96 bits per heavy atom. The summed E-state index contributed by atoms with van der Waals surface area (Å²) in [7, 11) is -1.39. The Labute approximate surface area is 154 Å². The molecule has 1 fully saturated rings. The van der Waals surface area contributed by atoms with E-state index in [1.165, 1.54) is 6.07 Å². The van der Waals surface area contributed by atoms with Gasteiger partial charge in [0.15, 0.2) is 9.84 Å². The summed E-state index contributed by atoms with van der Waals surface area (Å²) in [6.07, 6.45) is 6.50. The fourth-order valence-electron chi connectivity index (χ4n) is 3.30. The average molecular weight is 376 g/mol. The molecule has 3 rings (SSSR count). The molecule has 0 atom stereocenters. The molecule has 0 aliphatic carbocycles. The number of benzene rings is 1. The summed E-state index contributed by atoms with van der Waals surface area (Å²) in [6.45, 7) is 3.36. The molecule has 1 N–H and O–H groups in total. The van der Waals surface area contributed by atoms with Crippen LogP contribution in [0.25, 0.3) is 0 Å². The van der Waals surface area contributed by atoms with Crippen LogP contribution in [0.1, 0.15) is 28.8 Å². The highest BCUT2D eigenvalue weighted by atomic mass is 32.2. The molecule has 7 nitrogen and oxygen atoms in total. The van der Waals surface area contributed by atoms with E-state index in [-0.39, 0.29) is 16.8 Å². The standard InChI is InChI=1S/C18H24N4O3S/c1-13-4-5-14(12-16(13)26(3,24)25)17(23)20-15-6-9-22(10-7-15)18-19-8-11-21(18)2/h4-5,8,11-12,15H,6-7,9-10H2,1-3H3,(H,20,23). The molecule has 26 heavy (non-hydrogen) atoms. The van der Waals surface area contributed by atoms with Gasteiger partial charge in [-0.05, 0) is 37.5 Å². The highest BCUT2D eigenvalue weighted by Crippen LogP contribution is 2.19. The van der Waals surface area contributed by atoms with Crippen molar-refractivity contribution in [1.82, 2.24) is 14.9 Å². The Morgan fingerprint density at radius 1 is 1.27 bits per heavy atom. The molecule has 0 radical (unpaired) electrons. The number of imidazole rings is 1. The van der Waals surface area contributed by atoms with Crippen LogP contribution in [0.3, 0.4) is 0 Å². The summed E-state index contributed by atoms with van der Waals surface area (Å²) in [5.41, 5.74) is 1.02. The van der Waals surface area contributed by atoms with E-state index in [4.69, 9.17) is 0 Å². The molecule has 1 amide bonds. The van der Waals surface area contributed by atoms with E-state index in [1.807, 2.05) is 17.8 Å². The van der Waals surface area contributed by atoms with Crippen LogP contribution in [0.4, 0.5) is 5.95 Å². The maximum Gasteiger partial charge on any atom is 0.251 e. The van der Waals surface area contributed by atoms with Gasteiger partial charge in [-0.1, -0.05) is 6.07 Å². The van der Waals surface area contributed by atoms with E-state index in [9.17, 15) is 13.2 Å². The molecule has 1 saturated heterocycles. The van der Waals surface area contributed by atoms with Crippen molar-refractivity contribution in [1.29, 1.82) is 0 Å². The SMILES string of the molecule is Cc1ccc(C(=O)NC2CCN(c3nccn3C)CC2)cc1S(C)(=O)=O. The van der Waals surface area contributed by atoms with Crippen molar-refractivity contribution in [2.75, 3.05) is 24.2 Å². The van der Waals surface area contributed by atoms with E-state index in [2.05, 4.69) is 15.2 Å².